The van der Waals surface area contributed by atoms with Crippen molar-refractivity contribution in [1.29, 1.82) is 0 Å². The average molecular weight is 625 g/mol. The number of amides is 1. The lowest BCUT2D eigenvalue weighted by molar-refractivity contribution is -0.130. The number of ether oxygens (including phenoxy) is 3. The summed E-state index contributed by atoms with van der Waals surface area (Å²) in [6.45, 7) is 4.72. The molecule has 46 heavy (non-hydrogen) atoms. The van der Waals surface area contributed by atoms with Gasteiger partial charge in [-0.1, -0.05) is 49.4 Å². The van der Waals surface area contributed by atoms with Gasteiger partial charge in [0.05, 0.1) is 30.7 Å². The van der Waals surface area contributed by atoms with Crippen molar-refractivity contribution in [2.45, 2.75) is 33.0 Å². The van der Waals surface area contributed by atoms with Crippen LogP contribution in [0.5, 0.6) is 5.75 Å². The Hall–Kier alpha value is -4.98. The molecule has 1 aliphatic rings. The number of rotatable bonds is 12. The molecule has 3 heterocycles. The van der Waals surface area contributed by atoms with Crippen molar-refractivity contribution >= 4 is 16.8 Å². The molecule has 0 atom stereocenters. The van der Waals surface area contributed by atoms with Gasteiger partial charge in [0.2, 0.25) is 0 Å². The summed E-state index contributed by atoms with van der Waals surface area (Å²) in [6, 6.07) is 21.2. The highest BCUT2D eigenvalue weighted by Crippen LogP contribution is 2.32. The molecule has 1 aliphatic heterocycles. The second-order valence-electron chi connectivity index (χ2n) is 10.9. The third-order valence-corrected chi connectivity index (χ3v) is 7.68. The van der Waals surface area contributed by atoms with Crippen LogP contribution in [0.2, 0.25) is 0 Å². The van der Waals surface area contributed by atoms with Gasteiger partial charge in [-0.3, -0.25) is 19.6 Å². The molecule has 0 unspecified atom stereocenters. The highest BCUT2D eigenvalue weighted by atomic mass is 16.5. The van der Waals surface area contributed by atoms with Crippen LogP contribution < -0.4 is 15.7 Å². The molecule has 0 aliphatic carbocycles. The van der Waals surface area contributed by atoms with Crippen molar-refractivity contribution in [1.82, 2.24) is 40.2 Å². The summed E-state index contributed by atoms with van der Waals surface area (Å²) < 4.78 is 19.7. The van der Waals surface area contributed by atoms with Gasteiger partial charge in [0, 0.05) is 32.2 Å². The highest BCUT2D eigenvalue weighted by Gasteiger charge is 2.18. The Morgan fingerprint density at radius 3 is 2.63 bits per heavy atom. The lowest BCUT2D eigenvalue weighted by Gasteiger charge is -2.26. The fourth-order valence-corrected chi connectivity index (χ4v) is 5.48. The van der Waals surface area contributed by atoms with Crippen LogP contribution in [0.25, 0.3) is 33.4 Å². The molecule has 13 heteroatoms. The van der Waals surface area contributed by atoms with Crippen molar-refractivity contribution in [3.8, 4) is 28.3 Å². The number of methoxy groups -OCH3 is 1. The summed E-state index contributed by atoms with van der Waals surface area (Å²) in [5, 5.41) is 14.5. The molecule has 3 aromatic carbocycles. The van der Waals surface area contributed by atoms with Crippen LogP contribution in [0.4, 0.5) is 0 Å². The molecule has 1 saturated heterocycles. The van der Waals surface area contributed by atoms with E-state index in [2.05, 4.69) is 27.9 Å². The molecule has 0 spiro atoms. The number of hydrogen-bond acceptors (Lipinski definition) is 10. The minimum absolute atomic E-state index is 0.183. The number of morpholine rings is 1. The van der Waals surface area contributed by atoms with Crippen LogP contribution in [0.3, 0.4) is 0 Å². The van der Waals surface area contributed by atoms with Crippen LogP contribution in [-0.2, 0) is 34.0 Å². The third-order valence-electron chi connectivity index (χ3n) is 7.68. The molecule has 1 fully saturated rings. The maximum atomic E-state index is 14.0. The molecule has 0 radical (unpaired) electrons. The first-order chi connectivity index (χ1) is 22.5. The number of benzene rings is 3. The molecular formula is C33H36N8O5. The summed E-state index contributed by atoms with van der Waals surface area (Å²) in [7, 11) is 1.59. The minimum atomic E-state index is -0.276. The van der Waals surface area contributed by atoms with Gasteiger partial charge in [0.25, 0.3) is 11.5 Å². The lowest BCUT2D eigenvalue weighted by Crippen LogP contribution is -2.49. The molecule has 2 aromatic heterocycles. The number of hydrazine groups is 1. The van der Waals surface area contributed by atoms with Gasteiger partial charge in [0.1, 0.15) is 18.3 Å². The van der Waals surface area contributed by atoms with E-state index in [9.17, 15) is 9.59 Å². The van der Waals surface area contributed by atoms with E-state index in [1.807, 2.05) is 53.5 Å². The lowest BCUT2D eigenvalue weighted by atomic mass is 9.97. The smallest absolute Gasteiger partial charge is 0.272 e. The van der Waals surface area contributed by atoms with E-state index in [0.29, 0.717) is 61.0 Å². The van der Waals surface area contributed by atoms with Crippen molar-refractivity contribution in [3.63, 3.8) is 0 Å². The Labute approximate surface area is 265 Å². The molecule has 0 bridgehead atoms. The predicted molar refractivity (Wildman–Crippen MR) is 171 cm³/mol. The number of aryl methyl sites for hydroxylation is 1. The second kappa shape index (κ2) is 14.4. The average Bonchev–Trinajstić information content (AvgIpc) is 3.55. The van der Waals surface area contributed by atoms with Gasteiger partial charge >= 0.3 is 0 Å². The van der Waals surface area contributed by atoms with Gasteiger partial charge in [0.15, 0.2) is 12.4 Å². The Kier molecular flexibility index (Phi) is 9.72. The maximum Gasteiger partial charge on any atom is 0.272 e. The van der Waals surface area contributed by atoms with E-state index < -0.39 is 0 Å². The van der Waals surface area contributed by atoms with Crippen molar-refractivity contribution in [3.05, 3.63) is 88.5 Å². The summed E-state index contributed by atoms with van der Waals surface area (Å²) in [5.74, 6) is 1.39. The van der Waals surface area contributed by atoms with E-state index in [0.717, 1.165) is 28.7 Å². The van der Waals surface area contributed by atoms with Gasteiger partial charge in [-0.15, -0.1) is 5.10 Å². The van der Waals surface area contributed by atoms with E-state index in [1.54, 1.807) is 34.6 Å². The van der Waals surface area contributed by atoms with Gasteiger partial charge in [-0.05, 0) is 57.8 Å². The topological polar surface area (TPSA) is 139 Å². The number of fused-ring (bicyclic) bond motifs is 1. The van der Waals surface area contributed by atoms with Crippen LogP contribution in [0.1, 0.15) is 24.7 Å². The number of nitrogens with zero attached hydrogens (tertiary/aromatic N) is 7. The summed E-state index contributed by atoms with van der Waals surface area (Å²) >= 11 is 0. The monoisotopic (exact) mass is 624 g/mol. The fraction of sp³-hybridized carbons (Fsp3) is 0.333. The molecule has 238 valence electrons. The van der Waals surface area contributed by atoms with E-state index in [4.69, 9.17) is 19.2 Å². The number of tetrazole rings is 1. The van der Waals surface area contributed by atoms with E-state index >= 15 is 0 Å². The van der Waals surface area contributed by atoms with Crippen LogP contribution in [0, 0.1) is 0 Å². The van der Waals surface area contributed by atoms with E-state index in [1.165, 1.54) is 0 Å². The Morgan fingerprint density at radius 1 is 1.02 bits per heavy atom. The summed E-state index contributed by atoms with van der Waals surface area (Å²) in [6.07, 6.45) is 1.45. The Balaban J connectivity index is 1.32. The van der Waals surface area contributed by atoms with Crippen molar-refractivity contribution in [2.24, 2.45) is 0 Å². The van der Waals surface area contributed by atoms with Crippen molar-refractivity contribution in [2.75, 3.05) is 40.0 Å². The van der Waals surface area contributed by atoms with Crippen LogP contribution in [0.15, 0.2) is 71.5 Å². The molecule has 0 saturated carbocycles. The molecule has 1 N–H and O–H groups in total. The Bertz CT molecular complexity index is 1870. The normalized spacial score (nSPS) is 13.6. The first-order valence-corrected chi connectivity index (χ1v) is 15.3. The largest absolute Gasteiger partial charge is 0.484 e. The fourth-order valence-electron chi connectivity index (χ4n) is 5.48. The SMILES string of the molecule is CCCc1nc2ccc(OCC(=O)NN3CCOCC3)cc2c(=O)n1Cc1ccc(-c2ccccc2)c(-c2nnnn2COC)c1. The molecule has 6 rings (SSSR count). The predicted octanol–water partition coefficient (Wildman–Crippen LogP) is 3.06. The number of carbonyl (C=O) groups excluding carboxylic acids is 1. The first-order valence-electron chi connectivity index (χ1n) is 15.3. The molecule has 5 aromatic rings. The van der Waals surface area contributed by atoms with Gasteiger partial charge < -0.3 is 14.2 Å². The highest BCUT2D eigenvalue weighted by molar-refractivity contribution is 5.82. The number of nitrogens with one attached hydrogen (secondary N) is 1. The summed E-state index contributed by atoms with van der Waals surface area (Å²) in [4.78, 5) is 31.4. The third kappa shape index (κ3) is 6.96. The number of hydrogen-bond donors (Lipinski definition) is 1. The maximum absolute atomic E-state index is 14.0. The first kappa shape index (κ1) is 31.0. The van der Waals surface area contributed by atoms with Crippen LogP contribution >= 0.6 is 0 Å². The zero-order valence-corrected chi connectivity index (χ0v) is 25.9. The van der Waals surface area contributed by atoms with Gasteiger partial charge in [-0.2, -0.15) is 4.68 Å². The number of carbonyl (C=O) groups is 1. The van der Waals surface area contributed by atoms with Gasteiger partial charge in [-0.25, -0.2) is 9.99 Å². The Morgan fingerprint density at radius 2 is 1.85 bits per heavy atom. The zero-order valence-electron chi connectivity index (χ0n) is 25.9. The molecule has 13 nitrogen and oxygen atoms in total. The number of aromatic nitrogens is 6. The van der Waals surface area contributed by atoms with Crippen LogP contribution in [-0.4, -0.2) is 80.7 Å². The minimum Gasteiger partial charge on any atom is -0.484 e. The molecular weight excluding hydrogens is 588 g/mol. The van der Waals surface area contributed by atoms with E-state index in [-0.39, 0.29) is 31.3 Å². The zero-order chi connectivity index (χ0) is 31.9. The quantitative estimate of drug-likeness (QED) is 0.220. The summed E-state index contributed by atoms with van der Waals surface area (Å²) in [5.41, 5.74) is 6.88. The molecule has 1 amide bonds. The second-order valence-corrected chi connectivity index (χ2v) is 10.9. The standard InChI is InChI=1S/C33H36N8O5/c1-3-7-30-34-29-13-11-25(46-21-31(42)36-39-14-16-45-17-15-39)19-28(29)33(43)40(30)20-23-10-12-26(24-8-5-4-6-9-24)27(18-23)32-35-37-38-41(32)22-44-2/h4-6,8-13,18-19H,3,7,14-17,20-22H2,1-2H3,(H,36,42). The van der Waals surface area contributed by atoms with Crippen molar-refractivity contribution < 1.29 is 19.0 Å².